The molecule has 1 atom stereocenters. The molecule has 2 aliphatic heterocycles. The Bertz CT molecular complexity index is 962. The Balaban J connectivity index is 1.66. The molecule has 0 bridgehead atoms. The van der Waals surface area contributed by atoms with Crippen molar-refractivity contribution in [3.63, 3.8) is 0 Å². The molecule has 3 heterocycles. The van der Waals surface area contributed by atoms with Gasteiger partial charge in [-0.1, -0.05) is 0 Å². The van der Waals surface area contributed by atoms with Crippen LogP contribution in [-0.4, -0.2) is 40.7 Å². The molecule has 28 heavy (non-hydrogen) atoms. The number of hydrogen-bond acceptors (Lipinski definition) is 4. The number of allylic oxidation sites excluding steroid dienone is 1. The Hall–Kier alpha value is -3.23. The molecule has 2 aromatic rings. The lowest BCUT2D eigenvalue weighted by atomic mass is 9.97. The Morgan fingerprint density at radius 2 is 2.11 bits per heavy atom. The summed E-state index contributed by atoms with van der Waals surface area (Å²) in [5.74, 6) is -1.78. The summed E-state index contributed by atoms with van der Waals surface area (Å²) in [6.07, 6.45) is 4.78. The zero-order valence-corrected chi connectivity index (χ0v) is 15.1. The van der Waals surface area contributed by atoms with Gasteiger partial charge in [-0.2, -0.15) is 0 Å². The summed E-state index contributed by atoms with van der Waals surface area (Å²) in [6.45, 7) is 2.08. The molecule has 0 radical (unpaired) electrons. The number of hydrogen-bond donors (Lipinski definition) is 1. The third-order valence-corrected chi connectivity index (χ3v) is 4.86. The highest BCUT2D eigenvalue weighted by Crippen LogP contribution is 2.34. The van der Waals surface area contributed by atoms with Gasteiger partial charge in [-0.25, -0.2) is 18.6 Å². The highest BCUT2D eigenvalue weighted by Gasteiger charge is 2.35. The van der Waals surface area contributed by atoms with Crippen LogP contribution in [0.5, 0.6) is 0 Å². The molecule has 2 aliphatic rings. The van der Waals surface area contributed by atoms with E-state index in [-0.39, 0.29) is 30.3 Å². The smallest absolute Gasteiger partial charge is 0.414 e. The number of imidazole rings is 1. The molecule has 0 aliphatic carbocycles. The van der Waals surface area contributed by atoms with Crippen LogP contribution in [-0.2, 0) is 16.1 Å². The standard InChI is InChI=1S/C19H18F2N4O3/c1-11(26)23-8-15-9-28-19(27)25(15)13-5-16(20)18(17(21)6-13)12-2-3-24-10-22-7-14(24)4-12/h4-7,10,15H,2-3,8-9H2,1H3,(H,23,26). The van der Waals surface area contributed by atoms with E-state index in [1.165, 1.54) is 6.92 Å². The summed E-state index contributed by atoms with van der Waals surface area (Å²) in [7, 11) is 0. The molecule has 1 aromatic heterocycles. The van der Waals surface area contributed by atoms with E-state index >= 15 is 0 Å². The lowest BCUT2D eigenvalue weighted by Gasteiger charge is -2.23. The fraction of sp³-hybridized carbons (Fsp3) is 0.316. The number of benzene rings is 1. The Kier molecular flexibility index (Phi) is 4.58. The van der Waals surface area contributed by atoms with Gasteiger partial charge in [-0.05, 0) is 30.2 Å². The van der Waals surface area contributed by atoms with Crippen LogP contribution in [0.15, 0.2) is 24.7 Å². The van der Waals surface area contributed by atoms with Gasteiger partial charge < -0.3 is 14.6 Å². The molecule has 1 unspecified atom stereocenters. The van der Waals surface area contributed by atoms with Crippen molar-refractivity contribution >= 4 is 29.3 Å². The normalized spacial score (nSPS) is 18.5. The summed E-state index contributed by atoms with van der Waals surface area (Å²) < 4.78 is 36.6. The van der Waals surface area contributed by atoms with Gasteiger partial charge >= 0.3 is 6.09 Å². The van der Waals surface area contributed by atoms with Gasteiger partial charge in [0, 0.05) is 25.6 Å². The number of rotatable bonds is 4. The number of aromatic nitrogens is 2. The molecular formula is C19H18F2N4O3. The molecule has 0 saturated carbocycles. The Labute approximate surface area is 159 Å². The molecule has 4 rings (SSSR count). The van der Waals surface area contributed by atoms with Crippen LogP contribution >= 0.6 is 0 Å². The highest BCUT2D eigenvalue weighted by molar-refractivity contribution is 5.91. The minimum absolute atomic E-state index is 0.0270. The second kappa shape index (κ2) is 7.06. The average Bonchev–Trinajstić information content (AvgIpc) is 3.25. The van der Waals surface area contributed by atoms with Crippen molar-refractivity contribution in [2.75, 3.05) is 18.1 Å². The molecule has 1 fully saturated rings. The first-order valence-electron chi connectivity index (χ1n) is 8.84. The van der Waals surface area contributed by atoms with Crippen LogP contribution in [0, 0.1) is 11.6 Å². The monoisotopic (exact) mass is 388 g/mol. The van der Waals surface area contributed by atoms with E-state index in [4.69, 9.17) is 4.74 Å². The molecule has 7 nitrogen and oxygen atoms in total. The van der Waals surface area contributed by atoms with Crippen LogP contribution in [0.3, 0.4) is 0 Å². The maximum atomic E-state index is 14.9. The van der Waals surface area contributed by atoms with E-state index in [9.17, 15) is 18.4 Å². The number of aryl methyl sites for hydroxylation is 1. The van der Waals surface area contributed by atoms with Crippen LogP contribution < -0.4 is 10.2 Å². The molecule has 0 spiro atoms. The fourth-order valence-electron chi connectivity index (χ4n) is 3.52. The Morgan fingerprint density at radius 3 is 2.82 bits per heavy atom. The SMILES string of the molecule is CC(=O)NCC1COC(=O)N1c1cc(F)c(C2=Cc3cncn3CC2)c(F)c1. The number of carbonyl (C=O) groups is 2. The second-order valence-corrected chi connectivity index (χ2v) is 6.75. The summed E-state index contributed by atoms with van der Waals surface area (Å²) in [4.78, 5) is 28.4. The van der Waals surface area contributed by atoms with Crippen molar-refractivity contribution < 1.29 is 23.1 Å². The minimum Gasteiger partial charge on any atom is -0.447 e. The second-order valence-electron chi connectivity index (χ2n) is 6.75. The molecule has 9 heteroatoms. The van der Waals surface area contributed by atoms with Crippen molar-refractivity contribution in [3.8, 4) is 0 Å². The van der Waals surface area contributed by atoms with E-state index in [1.54, 1.807) is 18.6 Å². The first kappa shape index (κ1) is 18.1. The number of carbonyl (C=O) groups excluding carboxylic acids is 2. The van der Waals surface area contributed by atoms with Gasteiger partial charge in [0.25, 0.3) is 0 Å². The maximum absolute atomic E-state index is 14.9. The zero-order chi connectivity index (χ0) is 19.8. The van der Waals surface area contributed by atoms with Crippen LogP contribution in [0.2, 0.25) is 0 Å². The van der Waals surface area contributed by atoms with E-state index in [1.807, 2.05) is 4.57 Å². The minimum atomic E-state index is -0.757. The maximum Gasteiger partial charge on any atom is 0.414 e. The first-order chi connectivity index (χ1) is 13.4. The van der Waals surface area contributed by atoms with E-state index in [0.717, 1.165) is 22.7 Å². The summed E-state index contributed by atoms with van der Waals surface area (Å²) >= 11 is 0. The lowest BCUT2D eigenvalue weighted by Crippen LogP contribution is -2.42. The fourth-order valence-corrected chi connectivity index (χ4v) is 3.52. The van der Waals surface area contributed by atoms with Gasteiger partial charge in [0.05, 0.1) is 29.9 Å². The predicted molar refractivity (Wildman–Crippen MR) is 97.4 cm³/mol. The van der Waals surface area contributed by atoms with E-state index in [2.05, 4.69) is 10.3 Å². The molecule has 1 N–H and O–H groups in total. The van der Waals surface area contributed by atoms with Crippen LogP contribution in [0.4, 0.5) is 19.3 Å². The third-order valence-electron chi connectivity index (χ3n) is 4.86. The number of ether oxygens (including phenoxy) is 1. The van der Waals surface area contributed by atoms with Crippen LogP contribution in [0.25, 0.3) is 11.6 Å². The Morgan fingerprint density at radius 1 is 1.36 bits per heavy atom. The number of halogens is 2. The van der Waals surface area contributed by atoms with Gasteiger partial charge in [0.2, 0.25) is 5.91 Å². The largest absolute Gasteiger partial charge is 0.447 e. The van der Waals surface area contributed by atoms with Gasteiger partial charge in [0.15, 0.2) is 0 Å². The third kappa shape index (κ3) is 3.23. The zero-order valence-electron chi connectivity index (χ0n) is 15.1. The van der Waals surface area contributed by atoms with Gasteiger partial charge in [-0.3, -0.25) is 9.69 Å². The van der Waals surface area contributed by atoms with E-state index < -0.39 is 23.8 Å². The average molecular weight is 388 g/mol. The molecule has 2 amide bonds. The highest BCUT2D eigenvalue weighted by atomic mass is 19.1. The number of nitrogens with one attached hydrogen (secondary N) is 1. The van der Waals surface area contributed by atoms with Crippen molar-refractivity contribution in [1.29, 1.82) is 0 Å². The molecule has 1 saturated heterocycles. The number of fused-ring (bicyclic) bond motifs is 1. The van der Waals surface area contributed by atoms with Crippen molar-refractivity contribution in [2.45, 2.75) is 25.9 Å². The summed E-state index contributed by atoms with van der Waals surface area (Å²) in [5.41, 5.74) is 1.26. The number of amides is 2. The number of anilines is 1. The first-order valence-corrected chi connectivity index (χ1v) is 8.84. The van der Waals surface area contributed by atoms with Gasteiger partial charge in [0.1, 0.15) is 18.2 Å². The van der Waals surface area contributed by atoms with Crippen molar-refractivity contribution in [2.24, 2.45) is 0 Å². The topological polar surface area (TPSA) is 76.5 Å². The molecule has 146 valence electrons. The quantitative estimate of drug-likeness (QED) is 0.874. The summed E-state index contributed by atoms with van der Waals surface area (Å²) in [5, 5.41) is 2.59. The number of cyclic esters (lactones) is 1. The van der Waals surface area contributed by atoms with Crippen molar-refractivity contribution in [3.05, 3.63) is 47.5 Å². The molecule has 1 aromatic carbocycles. The van der Waals surface area contributed by atoms with E-state index in [0.29, 0.717) is 18.5 Å². The number of nitrogens with zero attached hydrogens (tertiary/aromatic N) is 3. The van der Waals surface area contributed by atoms with Crippen LogP contribution in [0.1, 0.15) is 24.6 Å². The van der Waals surface area contributed by atoms with Crippen molar-refractivity contribution in [1.82, 2.24) is 14.9 Å². The van der Waals surface area contributed by atoms with Gasteiger partial charge in [-0.15, -0.1) is 0 Å². The molecular weight excluding hydrogens is 370 g/mol. The summed E-state index contributed by atoms with van der Waals surface area (Å²) in [6, 6.07) is 1.71. The predicted octanol–water partition coefficient (Wildman–Crippen LogP) is 2.57. The lowest BCUT2D eigenvalue weighted by molar-refractivity contribution is -0.119.